The van der Waals surface area contributed by atoms with E-state index < -0.39 is 35.0 Å². The summed E-state index contributed by atoms with van der Waals surface area (Å²) in [5, 5.41) is 62.0. The summed E-state index contributed by atoms with van der Waals surface area (Å²) in [7, 11) is 2.06. The zero-order valence-electron chi connectivity index (χ0n) is 8.77. The van der Waals surface area contributed by atoms with Crippen molar-refractivity contribution in [1.29, 1.82) is 0 Å². The van der Waals surface area contributed by atoms with Gasteiger partial charge < -0.3 is 20.4 Å². The molecule has 0 aliphatic rings. The summed E-state index contributed by atoms with van der Waals surface area (Å²) in [5.41, 5.74) is 0. The summed E-state index contributed by atoms with van der Waals surface area (Å²) < 4.78 is -1.08. The number of quaternary nitrogens is 1. The first-order chi connectivity index (χ1) is 6.82. The van der Waals surface area contributed by atoms with Crippen molar-refractivity contribution in [3.8, 4) is 0 Å². The Kier molecular flexibility index (Phi) is 4.01. The summed E-state index contributed by atoms with van der Waals surface area (Å²) in [6.45, 7) is -0.831. The quantitative estimate of drug-likeness (QED) is 0.189. The highest BCUT2D eigenvalue weighted by molar-refractivity contribution is 5.75. The van der Waals surface area contributed by atoms with Crippen LogP contribution in [-0.4, -0.2) is 84.8 Å². The Morgan fingerprint density at radius 2 is 1.56 bits per heavy atom. The van der Waals surface area contributed by atoms with Gasteiger partial charge in [0.15, 0.2) is 6.10 Å². The Hall–Kier alpha value is -0.810. The number of nitrogens with zero attached hydrogens (tertiary/aromatic N) is 1. The minimum Gasteiger partial charge on any atom is -0.477 e. The van der Waals surface area contributed by atoms with E-state index in [0.29, 0.717) is 0 Å². The van der Waals surface area contributed by atoms with Gasteiger partial charge in [-0.25, -0.2) is 9.28 Å². The Bertz CT molecular complexity index is 268. The van der Waals surface area contributed by atoms with Gasteiger partial charge in [-0.3, -0.25) is 15.3 Å². The Morgan fingerprint density at radius 1 is 1.19 bits per heavy atom. The van der Waals surface area contributed by atoms with Crippen LogP contribution in [0.4, 0.5) is 0 Å². The minimum absolute atomic E-state index is 0.831. The lowest BCUT2D eigenvalue weighted by Crippen LogP contribution is -2.66. The predicted octanol–water partition coefficient (Wildman–Crippen LogP) is -4.22. The number of aliphatic hydroxyl groups is 6. The van der Waals surface area contributed by atoms with Gasteiger partial charge in [0.25, 0.3) is 5.79 Å². The number of carbonyl (C=O) groups is 1. The minimum atomic E-state index is -3.44. The molecule has 0 amide bonds. The largest absolute Gasteiger partial charge is 0.477 e. The smallest absolute Gasteiger partial charge is 0.441 e. The molecule has 0 aromatic rings. The highest BCUT2D eigenvalue weighted by Gasteiger charge is 2.50. The molecule has 0 heterocycles. The number of rotatable bonds is 5. The van der Waals surface area contributed by atoms with E-state index in [1.54, 1.807) is 0 Å². The Morgan fingerprint density at radius 3 is 1.81 bits per heavy atom. The number of carboxylic acids is 1. The van der Waals surface area contributed by atoms with Gasteiger partial charge in [-0.15, -0.1) is 0 Å². The van der Waals surface area contributed by atoms with Crippen molar-refractivity contribution in [1.82, 2.24) is 0 Å². The van der Waals surface area contributed by atoms with Crippen LogP contribution in [0.25, 0.3) is 0 Å². The van der Waals surface area contributed by atoms with E-state index in [2.05, 4.69) is 0 Å². The van der Waals surface area contributed by atoms with E-state index in [1.807, 2.05) is 0 Å². The SMILES string of the molecule is C[N+](C)(CC(O)C(O)(O)C(=O)O)C(O)(O)O. The van der Waals surface area contributed by atoms with Gasteiger partial charge >= 0.3 is 12.1 Å². The fourth-order valence-electron chi connectivity index (χ4n) is 0.825. The molecule has 0 fully saturated rings. The second-order valence-electron chi connectivity index (χ2n) is 4.01. The first-order valence-electron chi connectivity index (χ1n) is 4.19. The van der Waals surface area contributed by atoms with Crippen LogP contribution in [0.1, 0.15) is 0 Å². The molecule has 1 atom stereocenters. The van der Waals surface area contributed by atoms with E-state index in [-0.39, 0.29) is 0 Å². The van der Waals surface area contributed by atoms with E-state index in [9.17, 15) is 9.90 Å². The molecule has 16 heavy (non-hydrogen) atoms. The summed E-state index contributed by atoms with van der Waals surface area (Å²) in [4.78, 5) is 10.3. The number of carboxylic acid groups (broad SMARTS) is 1. The van der Waals surface area contributed by atoms with Crippen molar-refractivity contribution in [2.24, 2.45) is 0 Å². The Balaban J connectivity index is 4.82. The van der Waals surface area contributed by atoms with Crippen molar-refractivity contribution >= 4 is 5.97 Å². The number of likely N-dealkylation sites (N-methyl/N-ethyl adjacent to an activating group) is 1. The first-order valence-corrected chi connectivity index (χ1v) is 4.19. The lowest BCUT2D eigenvalue weighted by molar-refractivity contribution is -1.03. The molecule has 1 unspecified atom stereocenters. The lowest BCUT2D eigenvalue weighted by atomic mass is 10.1. The van der Waals surface area contributed by atoms with Crippen LogP contribution >= 0.6 is 0 Å². The second-order valence-corrected chi connectivity index (χ2v) is 4.01. The van der Waals surface area contributed by atoms with Crippen LogP contribution in [-0.2, 0) is 4.79 Å². The van der Waals surface area contributed by atoms with Gasteiger partial charge in [-0.05, 0) is 0 Å². The molecular weight excluding hydrogens is 226 g/mol. The summed E-state index contributed by atoms with van der Waals surface area (Å²) in [6, 6.07) is 0. The highest BCUT2D eigenvalue weighted by Crippen LogP contribution is 2.17. The molecule has 0 aromatic carbocycles. The van der Waals surface area contributed by atoms with Gasteiger partial charge in [-0.2, -0.15) is 0 Å². The molecule has 0 aromatic heterocycles. The zero-order chi connectivity index (χ0) is 13.4. The molecule has 0 saturated heterocycles. The standard InChI is InChI=1S/C7H15NO8/c1-8(2,7(14,15)16)3-4(9)6(12,13)5(10)11/h4,9,12-16H,3H2,1-2H3/p+1. The van der Waals surface area contributed by atoms with E-state index >= 15 is 0 Å². The zero-order valence-corrected chi connectivity index (χ0v) is 8.77. The Labute approximate surface area is 90.6 Å². The number of hydrogen-bond acceptors (Lipinski definition) is 7. The van der Waals surface area contributed by atoms with Crippen LogP contribution in [0, 0.1) is 0 Å². The molecule has 0 radical (unpaired) electrons. The number of aliphatic carboxylic acids is 1. The van der Waals surface area contributed by atoms with Gasteiger partial charge in [0.1, 0.15) is 6.54 Å². The summed E-state index contributed by atoms with van der Waals surface area (Å²) in [6.07, 6.45) is -5.49. The van der Waals surface area contributed by atoms with E-state index in [0.717, 1.165) is 14.1 Å². The monoisotopic (exact) mass is 242 g/mol. The third-order valence-electron chi connectivity index (χ3n) is 2.22. The molecular formula is C7H16NO8+. The predicted molar refractivity (Wildman–Crippen MR) is 47.2 cm³/mol. The molecule has 0 aliphatic heterocycles. The lowest BCUT2D eigenvalue weighted by Gasteiger charge is -2.38. The average Bonchev–Trinajstić information content (AvgIpc) is 2.00. The normalized spacial score (nSPS) is 16.0. The molecule has 0 saturated carbocycles. The van der Waals surface area contributed by atoms with E-state index in [4.69, 9.17) is 30.6 Å². The van der Waals surface area contributed by atoms with Crippen molar-refractivity contribution in [2.45, 2.75) is 18.0 Å². The maximum Gasteiger partial charge on any atom is 0.441 e. The highest BCUT2D eigenvalue weighted by atomic mass is 16.7. The van der Waals surface area contributed by atoms with E-state index in [1.165, 1.54) is 0 Å². The van der Waals surface area contributed by atoms with Gasteiger partial charge in [0.2, 0.25) is 0 Å². The van der Waals surface area contributed by atoms with Crippen LogP contribution in [0.5, 0.6) is 0 Å². The molecule has 9 heteroatoms. The molecule has 0 rings (SSSR count). The topological polar surface area (TPSA) is 159 Å². The van der Waals surface area contributed by atoms with Crippen molar-refractivity contribution in [3.05, 3.63) is 0 Å². The fourth-order valence-corrected chi connectivity index (χ4v) is 0.825. The van der Waals surface area contributed by atoms with Crippen molar-refractivity contribution < 1.29 is 45.0 Å². The van der Waals surface area contributed by atoms with Crippen LogP contribution in [0.15, 0.2) is 0 Å². The van der Waals surface area contributed by atoms with Crippen molar-refractivity contribution in [3.63, 3.8) is 0 Å². The first kappa shape index (κ1) is 15.2. The maximum absolute atomic E-state index is 10.3. The fraction of sp³-hybridized carbons (Fsp3) is 0.857. The third kappa shape index (κ3) is 3.09. The van der Waals surface area contributed by atoms with Crippen molar-refractivity contribution in [2.75, 3.05) is 20.6 Å². The number of aliphatic hydroxyl groups excluding tert-OH is 1. The van der Waals surface area contributed by atoms with Gasteiger partial charge in [0, 0.05) is 0 Å². The maximum atomic E-state index is 10.3. The summed E-state index contributed by atoms with van der Waals surface area (Å²) >= 11 is 0. The second kappa shape index (κ2) is 4.22. The van der Waals surface area contributed by atoms with Gasteiger partial charge in [-0.1, -0.05) is 0 Å². The number of hydrogen-bond donors (Lipinski definition) is 7. The summed E-state index contributed by atoms with van der Waals surface area (Å²) in [5.74, 6) is -5.54. The molecule has 0 bridgehead atoms. The molecule has 0 spiro atoms. The molecule has 0 aliphatic carbocycles. The van der Waals surface area contributed by atoms with Crippen LogP contribution in [0.2, 0.25) is 0 Å². The molecule has 7 N–H and O–H groups in total. The third-order valence-corrected chi connectivity index (χ3v) is 2.22. The van der Waals surface area contributed by atoms with Crippen LogP contribution < -0.4 is 0 Å². The van der Waals surface area contributed by atoms with Crippen LogP contribution in [0.3, 0.4) is 0 Å². The molecule has 96 valence electrons. The molecule has 9 nitrogen and oxygen atoms in total. The van der Waals surface area contributed by atoms with Gasteiger partial charge in [0.05, 0.1) is 14.1 Å². The average molecular weight is 242 g/mol.